The van der Waals surface area contributed by atoms with Crippen molar-refractivity contribution >= 4 is 21.6 Å². The zero-order chi connectivity index (χ0) is 17.9. The molecule has 0 fully saturated rings. The van der Waals surface area contributed by atoms with Crippen molar-refractivity contribution in [2.75, 3.05) is 18.8 Å². The van der Waals surface area contributed by atoms with Crippen LogP contribution < -0.4 is 4.72 Å². The third kappa shape index (κ3) is 4.51. The lowest BCUT2D eigenvalue weighted by atomic mass is 10.1. The van der Waals surface area contributed by atoms with Crippen molar-refractivity contribution in [1.29, 1.82) is 0 Å². The van der Waals surface area contributed by atoms with Crippen LogP contribution in [0.5, 0.6) is 0 Å². The topological polar surface area (TPSA) is 66.5 Å². The Bertz CT molecular complexity index is 830. The average molecular weight is 354 g/mol. The molecule has 2 rings (SSSR count). The van der Waals surface area contributed by atoms with Gasteiger partial charge in [0.05, 0.1) is 11.3 Å². The summed E-state index contributed by atoms with van der Waals surface area (Å²) in [7, 11) is -0.829. The van der Waals surface area contributed by atoms with Crippen LogP contribution in [0.15, 0.2) is 47.4 Å². The van der Waals surface area contributed by atoms with Crippen LogP contribution >= 0.6 is 0 Å². The van der Waals surface area contributed by atoms with Gasteiger partial charge in [-0.25, -0.2) is 17.2 Å². The third-order valence-corrected chi connectivity index (χ3v) is 4.57. The monoisotopic (exact) mass is 354 g/mol. The van der Waals surface area contributed by atoms with Gasteiger partial charge in [-0.1, -0.05) is 12.1 Å². The highest BCUT2D eigenvalue weighted by Crippen LogP contribution is 2.19. The fourth-order valence-corrected chi connectivity index (χ4v) is 3.02. The Morgan fingerprint density at radius 1 is 1.04 bits per heavy atom. The summed E-state index contributed by atoms with van der Waals surface area (Å²) < 4.78 is 52.9. The van der Waals surface area contributed by atoms with Crippen LogP contribution in [0.25, 0.3) is 0 Å². The van der Waals surface area contributed by atoms with E-state index in [1.54, 1.807) is 26.2 Å². The van der Waals surface area contributed by atoms with Gasteiger partial charge in [-0.2, -0.15) is 0 Å². The van der Waals surface area contributed by atoms with Crippen molar-refractivity contribution in [2.24, 2.45) is 0 Å². The molecule has 0 aliphatic rings. The van der Waals surface area contributed by atoms with E-state index in [4.69, 9.17) is 0 Å². The van der Waals surface area contributed by atoms with Crippen LogP contribution in [0, 0.1) is 11.6 Å². The Balaban J connectivity index is 2.17. The molecule has 0 unspecified atom stereocenters. The number of likely N-dealkylation sites (N-methyl/N-ethyl adjacent to an activating group) is 1. The number of anilines is 1. The molecule has 0 atom stereocenters. The summed E-state index contributed by atoms with van der Waals surface area (Å²) >= 11 is 0. The molecule has 1 amide bonds. The Hall–Kier alpha value is -2.48. The van der Waals surface area contributed by atoms with Gasteiger partial charge in [0.2, 0.25) is 5.91 Å². The predicted molar refractivity (Wildman–Crippen MR) is 86.0 cm³/mol. The molecule has 1 N–H and O–H groups in total. The first-order valence-electron chi connectivity index (χ1n) is 6.95. The van der Waals surface area contributed by atoms with E-state index in [0.717, 1.165) is 12.1 Å². The molecule has 0 aliphatic carbocycles. The van der Waals surface area contributed by atoms with Crippen LogP contribution in [0.1, 0.15) is 5.56 Å². The minimum absolute atomic E-state index is 0.0847. The summed E-state index contributed by atoms with van der Waals surface area (Å²) in [6, 6.07) is 8.22. The number of nitrogens with zero attached hydrogens (tertiary/aromatic N) is 1. The zero-order valence-corrected chi connectivity index (χ0v) is 13.9. The molecule has 0 saturated carbocycles. The second kappa shape index (κ2) is 6.96. The molecule has 0 heterocycles. The lowest BCUT2D eigenvalue weighted by Gasteiger charge is -2.11. The van der Waals surface area contributed by atoms with Crippen LogP contribution in [-0.4, -0.2) is 33.3 Å². The highest BCUT2D eigenvalue weighted by Gasteiger charge is 2.17. The quantitative estimate of drug-likeness (QED) is 0.897. The Labute approximate surface area is 139 Å². The van der Waals surface area contributed by atoms with Gasteiger partial charge in [-0.15, -0.1) is 0 Å². The third-order valence-electron chi connectivity index (χ3n) is 3.21. The number of rotatable bonds is 5. The minimum atomic E-state index is -4.11. The number of hydrogen-bond donors (Lipinski definition) is 1. The molecule has 2 aromatic carbocycles. The molecular weight excluding hydrogens is 338 g/mol. The van der Waals surface area contributed by atoms with Crippen molar-refractivity contribution in [3.8, 4) is 0 Å². The summed E-state index contributed by atoms with van der Waals surface area (Å²) in [5.74, 6) is -2.04. The van der Waals surface area contributed by atoms with Gasteiger partial charge in [-0.3, -0.25) is 9.52 Å². The van der Waals surface area contributed by atoms with E-state index in [0.29, 0.717) is 11.6 Å². The first-order valence-corrected chi connectivity index (χ1v) is 8.44. The normalized spacial score (nSPS) is 11.2. The summed E-state index contributed by atoms with van der Waals surface area (Å²) in [6.07, 6.45) is 0.190. The predicted octanol–water partition coefficient (Wildman–Crippen LogP) is 2.40. The number of carbonyl (C=O) groups is 1. The van der Waals surface area contributed by atoms with Crippen molar-refractivity contribution in [3.63, 3.8) is 0 Å². The highest BCUT2D eigenvalue weighted by atomic mass is 32.2. The molecule has 0 spiro atoms. The second-order valence-corrected chi connectivity index (χ2v) is 7.05. The van der Waals surface area contributed by atoms with Gasteiger partial charge in [0.1, 0.15) is 11.6 Å². The molecule has 2 aromatic rings. The van der Waals surface area contributed by atoms with Gasteiger partial charge in [0, 0.05) is 25.8 Å². The van der Waals surface area contributed by atoms with E-state index in [1.807, 2.05) is 0 Å². The Morgan fingerprint density at radius 2 is 1.58 bits per heavy atom. The zero-order valence-electron chi connectivity index (χ0n) is 13.1. The lowest BCUT2D eigenvalue weighted by Crippen LogP contribution is -2.23. The molecule has 128 valence electrons. The first kappa shape index (κ1) is 17.9. The van der Waals surface area contributed by atoms with Crippen LogP contribution in [0.2, 0.25) is 0 Å². The maximum atomic E-state index is 13.2. The largest absolute Gasteiger partial charge is 0.349 e. The van der Waals surface area contributed by atoms with Gasteiger partial charge in [-0.05, 0) is 29.8 Å². The van der Waals surface area contributed by atoms with Gasteiger partial charge in [0.15, 0.2) is 0 Å². The highest BCUT2D eigenvalue weighted by molar-refractivity contribution is 7.92. The molecule has 0 aliphatic heterocycles. The fourth-order valence-electron chi connectivity index (χ4n) is 1.92. The van der Waals surface area contributed by atoms with Crippen molar-refractivity contribution in [1.82, 2.24) is 4.90 Å². The van der Waals surface area contributed by atoms with Crippen LogP contribution in [-0.2, 0) is 21.2 Å². The average Bonchev–Trinajstić information content (AvgIpc) is 2.48. The smallest absolute Gasteiger partial charge is 0.262 e. The van der Waals surface area contributed by atoms with E-state index in [1.165, 1.54) is 17.0 Å². The standard InChI is InChI=1S/C16H16F2N2O3S/c1-20(2)16(21)7-11-3-5-14(6-4-11)19-24(22,23)15-9-12(17)8-13(18)10-15/h3-6,8-10,19H,7H2,1-2H3. The van der Waals surface area contributed by atoms with Crippen LogP contribution in [0.4, 0.5) is 14.5 Å². The van der Waals surface area contributed by atoms with E-state index in [2.05, 4.69) is 4.72 Å². The summed E-state index contributed by atoms with van der Waals surface area (Å²) in [5.41, 5.74) is 0.939. The van der Waals surface area contributed by atoms with Gasteiger partial charge >= 0.3 is 0 Å². The number of hydrogen-bond acceptors (Lipinski definition) is 3. The maximum absolute atomic E-state index is 13.2. The second-order valence-electron chi connectivity index (χ2n) is 5.37. The van der Waals surface area contributed by atoms with Crippen molar-refractivity contribution in [3.05, 3.63) is 59.7 Å². The summed E-state index contributed by atoms with van der Waals surface area (Å²) in [4.78, 5) is 12.6. The number of halogens is 2. The molecule has 0 aromatic heterocycles. The number of benzene rings is 2. The van der Waals surface area contributed by atoms with Gasteiger partial charge in [0.25, 0.3) is 10.0 Å². The SMILES string of the molecule is CN(C)C(=O)Cc1ccc(NS(=O)(=O)c2cc(F)cc(F)c2)cc1. The summed E-state index contributed by atoms with van der Waals surface area (Å²) in [6.45, 7) is 0. The molecule has 0 radical (unpaired) electrons. The Morgan fingerprint density at radius 3 is 2.08 bits per heavy atom. The minimum Gasteiger partial charge on any atom is -0.349 e. The van der Waals surface area contributed by atoms with E-state index in [9.17, 15) is 22.0 Å². The molecule has 0 bridgehead atoms. The molecule has 5 nitrogen and oxygen atoms in total. The van der Waals surface area contributed by atoms with E-state index < -0.39 is 26.6 Å². The molecule has 0 saturated heterocycles. The van der Waals surface area contributed by atoms with E-state index >= 15 is 0 Å². The van der Waals surface area contributed by atoms with Crippen molar-refractivity contribution < 1.29 is 22.0 Å². The molecule has 8 heteroatoms. The fraction of sp³-hybridized carbons (Fsp3) is 0.188. The maximum Gasteiger partial charge on any atom is 0.262 e. The lowest BCUT2D eigenvalue weighted by molar-refractivity contribution is -0.127. The van der Waals surface area contributed by atoms with Gasteiger partial charge < -0.3 is 4.90 Å². The number of carbonyl (C=O) groups excluding carboxylic acids is 1. The van der Waals surface area contributed by atoms with Crippen molar-refractivity contribution in [2.45, 2.75) is 11.3 Å². The van der Waals surface area contributed by atoms with Crippen LogP contribution in [0.3, 0.4) is 0 Å². The number of nitrogens with one attached hydrogen (secondary N) is 1. The molecule has 24 heavy (non-hydrogen) atoms. The Kier molecular flexibility index (Phi) is 5.18. The molecular formula is C16H16F2N2O3S. The number of amides is 1. The van der Waals surface area contributed by atoms with E-state index in [-0.39, 0.29) is 18.0 Å². The first-order chi connectivity index (χ1) is 11.2. The summed E-state index contributed by atoms with van der Waals surface area (Å²) in [5, 5.41) is 0. The number of sulfonamides is 1.